The Morgan fingerprint density at radius 1 is 0.947 bits per heavy atom. The Morgan fingerprint density at radius 3 is 2.05 bits per heavy atom. The first-order valence-electron chi connectivity index (χ1n) is 5.36. The molecule has 0 aliphatic rings. The largest absolute Gasteiger partial charge is 0.295 e. The predicted octanol–water partition coefficient (Wildman–Crippen LogP) is 6.17. The molecular formula is C14H8Cl4O. The molecule has 2 aromatic carbocycles. The Balaban J connectivity index is 2.72. The van der Waals surface area contributed by atoms with Crippen molar-refractivity contribution in [2.24, 2.45) is 0 Å². The van der Waals surface area contributed by atoms with Crippen molar-refractivity contribution in [3.05, 3.63) is 56.0 Å². The van der Waals surface area contributed by atoms with Crippen LogP contribution >= 0.6 is 46.4 Å². The molecule has 5 heteroatoms. The van der Waals surface area contributed by atoms with Gasteiger partial charge in [-0.25, -0.2) is 0 Å². The maximum absolute atomic E-state index is 11.4. The normalized spacial score (nSPS) is 10.6. The molecule has 19 heavy (non-hydrogen) atoms. The second-order valence-electron chi connectivity index (χ2n) is 3.98. The summed E-state index contributed by atoms with van der Waals surface area (Å²) in [6.07, 6.45) is 0. The molecular weight excluding hydrogens is 326 g/mol. The van der Waals surface area contributed by atoms with Gasteiger partial charge in [0.15, 0.2) is 5.78 Å². The van der Waals surface area contributed by atoms with Gasteiger partial charge >= 0.3 is 0 Å². The standard InChI is InChI=1S/C14H8Cl4O/c1-7(19)8-3-2-4-9(5-8)12-13(17)10(15)6-11(16)14(12)18/h2-6H,1H3. The summed E-state index contributed by atoms with van der Waals surface area (Å²) in [5.74, 6) is -0.0396. The number of ketones is 1. The maximum atomic E-state index is 11.4. The van der Waals surface area contributed by atoms with Gasteiger partial charge in [0.1, 0.15) is 0 Å². The van der Waals surface area contributed by atoms with Crippen molar-refractivity contribution >= 4 is 52.2 Å². The van der Waals surface area contributed by atoms with E-state index in [9.17, 15) is 4.79 Å². The summed E-state index contributed by atoms with van der Waals surface area (Å²) in [6, 6.07) is 8.48. The Morgan fingerprint density at radius 2 is 1.53 bits per heavy atom. The lowest BCUT2D eigenvalue weighted by atomic mass is 10.0. The molecule has 2 aromatic rings. The topological polar surface area (TPSA) is 17.1 Å². The van der Waals surface area contributed by atoms with Crippen LogP contribution in [0, 0.1) is 0 Å². The summed E-state index contributed by atoms with van der Waals surface area (Å²) in [5, 5.41) is 1.27. The summed E-state index contributed by atoms with van der Waals surface area (Å²) in [5.41, 5.74) is 1.80. The van der Waals surface area contributed by atoms with E-state index in [1.54, 1.807) is 24.3 Å². The molecule has 0 radical (unpaired) electrons. The molecule has 1 nitrogen and oxygen atoms in total. The Bertz CT molecular complexity index is 638. The minimum atomic E-state index is -0.0396. The molecule has 0 aliphatic heterocycles. The number of hydrogen-bond donors (Lipinski definition) is 0. The maximum Gasteiger partial charge on any atom is 0.159 e. The molecule has 0 heterocycles. The minimum Gasteiger partial charge on any atom is -0.295 e. The van der Waals surface area contributed by atoms with Gasteiger partial charge < -0.3 is 0 Å². The molecule has 0 saturated heterocycles. The summed E-state index contributed by atoms with van der Waals surface area (Å²) >= 11 is 24.4. The van der Waals surface area contributed by atoms with Crippen LogP contribution in [0.5, 0.6) is 0 Å². The first-order valence-corrected chi connectivity index (χ1v) is 6.87. The zero-order chi connectivity index (χ0) is 14.2. The average Bonchev–Trinajstić information content (AvgIpc) is 2.37. The van der Waals surface area contributed by atoms with Crippen molar-refractivity contribution < 1.29 is 4.79 Å². The van der Waals surface area contributed by atoms with Crippen molar-refractivity contribution in [2.45, 2.75) is 6.92 Å². The zero-order valence-electron chi connectivity index (χ0n) is 9.81. The van der Waals surface area contributed by atoms with Crippen LogP contribution in [-0.4, -0.2) is 5.78 Å². The summed E-state index contributed by atoms with van der Waals surface area (Å²) in [7, 11) is 0. The number of carbonyl (C=O) groups excluding carboxylic acids is 1. The molecule has 98 valence electrons. The van der Waals surface area contributed by atoms with Gasteiger partial charge in [0.25, 0.3) is 0 Å². The Labute approximate surface area is 131 Å². The fourth-order valence-electron chi connectivity index (χ4n) is 1.72. The van der Waals surface area contributed by atoms with E-state index in [1.807, 2.05) is 0 Å². The second kappa shape index (κ2) is 5.72. The fraction of sp³-hybridized carbons (Fsp3) is 0.0714. The molecule has 0 unspecified atom stereocenters. The third-order valence-corrected chi connectivity index (χ3v) is 4.24. The molecule has 0 N–H and O–H groups in total. The van der Waals surface area contributed by atoms with Crippen molar-refractivity contribution in [3.8, 4) is 11.1 Å². The minimum absolute atomic E-state index is 0.0396. The molecule has 2 rings (SSSR count). The number of halogens is 4. The van der Waals surface area contributed by atoms with Gasteiger partial charge in [-0.05, 0) is 24.6 Å². The smallest absolute Gasteiger partial charge is 0.159 e. The molecule has 0 bridgehead atoms. The lowest BCUT2D eigenvalue weighted by molar-refractivity contribution is 0.101. The highest BCUT2D eigenvalue weighted by atomic mass is 35.5. The van der Waals surface area contributed by atoms with Crippen LogP contribution in [0.1, 0.15) is 17.3 Å². The third-order valence-electron chi connectivity index (χ3n) is 2.67. The van der Waals surface area contributed by atoms with E-state index in [-0.39, 0.29) is 5.78 Å². The van der Waals surface area contributed by atoms with Gasteiger partial charge in [-0.3, -0.25) is 4.79 Å². The monoisotopic (exact) mass is 332 g/mol. The molecule has 0 saturated carbocycles. The highest BCUT2D eigenvalue weighted by Gasteiger charge is 2.16. The second-order valence-corrected chi connectivity index (χ2v) is 5.55. The average molecular weight is 334 g/mol. The van der Waals surface area contributed by atoms with Gasteiger partial charge in [0.2, 0.25) is 0 Å². The van der Waals surface area contributed by atoms with Gasteiger partial charge in [-0.15, -0.1) is 0 Å². The number of benzene rings is 2. The first-order chi connectivity index (χ1) is 8.91. The van der Waals surface area contributed by atoms with E-state index < -0.39 is 0 Å². The van der Waals surface area contributed by atoms with Gasteiger partial charge in [-0.2, -0.15) is 0 Å². The molecule has 0 spiro atoms. The Hall–Kier alpha value is -0.730. The van der Waals surface area contributed by atoms with Gasteiger partial charge in [0, 0.05) is 11.1 Å². The van der Waals surface area contributed by atoms with Crippen molar-refractivity contribution in [2.75, 3.05) is 0 Å². The zero-order valence-corrected chi connectivity index (χ0v) is 12.8. The molecule has 0 fully saturated rings. The summed E-state index contributed by atoms with van der Waals surface area (Å²) in [6.45, 7) is 1.49. The van der Waals surface area contributed by atoms with Gasteiger partial charge in [-0.1, -0.05) is 64.6 Å². The highest BCUT2D eigenvalue weighted by Crippen LogP contribution is 2.43. The van der Waals surface area contributed by atoms with Crippen LogP contribution in [0.3, 0.4) is 0 Å². The van der Waals surface area contributed by atoms with E-state index in [0.29, 0.717) is 36.8 Å². The highest BCUT2D eigenvalue weighted by molar-refractivity contribution is 6.50. The van der Waals surface area contributed by atoms with Crippen LogP contribution in [-0.2, 0) is 0 Å². The summed E-state index contributed by atoms with van der Waals surface area (Å²) in [4.78, 5) is 11.4. The van der Waals surface area contributed by atoms with Crippen molar-refractivity contribution in [1.29, 1.82) is 0 Å². The van der Waals surface area contributed by atoms with E-state index in [2.05, 4.69) is 0 Å². The van der Waals surface area contributed by atoms with Crippen molar-refractivity contribution in [3.63, 3.8) is 0 Å². The van der Waals surface area contributed by atoms with Crippen LogP contribution in [0.4, 0.5) is 0 Å². The van der Waals surface area contributed by atoms with E-state index in [4.69, 9.17) is 46.4 Å². The van der Waals surface area contributed by atoms with Crippen molar-refractivity contribution in [1.82, 2.24) is 0 Å². The van der Waals surface area contributed by atoms with Crippen LogP contribution < -0.4 is 0 Å². The predicted molar refractivity (Wildman–Crippen MR) is 81.9 cm³/mol. The fourth-order valence-corrected chi connectivity index (χ4v) is 2.75. The molecule has 0 amide bonds. The lowest BCUT2D eigenvalue weighted by Crippen LogP contribution is -1.93. The summed E-state index contributed by atoms with van der Waals surface area (Å²) < 4.78 is 0. The van der Waals surface area contributed by atoms with Crippen LogP contribution in [0.15, 0.2) is 30.3 Å². The van der Waals surface area contributed by atoms with Crippen LogP contribution in [0.25, 0.3) is 11.1 Å². The SMILES string of the molecule is CC(=O)c1cccc(-c2c(Cl)c(Cl)cc(Cl)c2Cl)c1. The molecule has 0 aliphatic carbocycles. The quantitative estimate of drug-likeness (QED) is 0.474. The number of rotatable bonds is 2. The molecule has 0 atom stereocenters. The van der Waals surface area contributed by atoms with Crippen LogP contribution in [0.2, 0.25) is 20.1 Å². The number of Topliss-reactive ketones (excluding diaryl/α,β-unsaturated/α-hetero) is 1. The molecule has 0 aromatic heterocycles. The third kappa shape index (κ3) is 2.90. The Kier molecular flexibility index (Phi) is 4.42. The number of hydrogen-bond acceptors (Lipinski definition) is 1. The van der Waals surface area contributed by atoms with E-state index in [0.717, 1.165) is 0 Å². The number of carbonyl (C=O) groups is 1. The first kappa shape index (κ1) is 14.7. The lowest BCUT2D eigenvalue weighted by Gasteiger charge is -2.11. The van der Waals surface area contributed by atoms with E-state index >= 15 is 0 Å². The van der Waals surface area contributed by atoms with E-state index in [1.165, 1.54) is 13.0 Å². The van der Waals surface area contributed by atoms with Gasteiger partial charge in [0.05, 0.1) is 20.1 Å².